The molecule has 0 aromatic carbocycles. The Morgan fingerprint density at radius 1 is 1.21 bits per heavy atom. The maximum atomic E-state index is 10.6. The highest BCUT2D eigenvalue weighted by Gasteiger charge is 2.05. The summed E-state index contributed by atoms with van der Waals surface area (Å²) in [6.07, 6.45) is 7.74. The predicted octanol–water partition coefficient (Wildman–Crippen LogP) is 1.58. The Hall–Kier alpha value is -2.50. The summed E-state index contributed by atoms with van der Waals surface area (Å²) in [5.41, 5.74) is 1.11. The summed E-state index contributed by atoms with van der Waals surface area (Å²) in [5, 5.41) is 8.67. The Morgan fingerprint density at radius 2 is 2.00 bits per heavy atom. The number of aromatic carboxylic acids is 1. The number of carbonyl (C=O) groups is 1. The first-order valence-corrected chi connectivity index (χ1v) is 5.83. The maximum absolute atomic E-state index is 10.6. The standard InChI is InChI=1S/C13H13N3O3/c17-13(18)11-8-16-12(9-15-11)19-7-1-2-10-3-5-14-6-4-10/h3-6,8-9H,1-2,7H2,(H,17,18). The molecule has 0 radical (unpaired) electrons. The van der Waals surface area contributed by atoms with Crippen LogP contribution in [0.4, 0.5) is 0 Å². The van der Waals surface area contributed by atoms with Gasteiger partial charge in [0.2, 0.25) is 5.88 Å². The average molecular weight is 259 g/mol. The Balaban J connectivity index is 1.75. The number of aryl methyl sites for hydroxylation is 1. The second-order valence-corrected chi connectivity index (χ2v) is 3.85. The molecule has 0 amide bonds. The minimum atomic E-state index is -1.10. The normalized spacial score (nSPS) is 10.1. The van der Waals surface area contributed by atoms with E-state index in [9.17, 15) is 4.79 Å². The van der Waals surface area contributed by atoms with Gasteiger partial charge in [-0.15, -0.1) is 0 Å². The Labute approximate surface area is 110 Å². The SMILES string of the molecule is O=C(O)c1cnc(OCCCc2ccncc2)cn1. The van der Waals surface area contributed by atoms with Crippen LogP contribution in [0.2, 0.25) is 0 Å². The molecule has 6 heteroatoms. The van der Waals surface area contributed by atoms with Crippen molar-refractivity contribution in [3.8, 4) is 5.88 Å². The van der Waals surface area contributed by atoms with Gasteiger partial charge in [-0.2, -0.15) is 0 Å². The van der Waals surface area contributed by atoms with Crippen molar-refractivity contribution in [3.63, 3.8) is 0 Å². The zero-order chi connectivity index (χ0) is 13.5. The molecule has 0 saturated heterocycles. The van der Waals surface area contributed by atoms with E-state index < -0.39 is 5.97 Å². The van der Waals surface area contributed by atoms with E-state index in [0.717, 1.165) is 12.8 Å². The van der Waals surface area contributed by atoms with E-state index in [1.807, 2.05) is 12.1 Å². The fourth-order valence-electron chi connectivity index (χ4n) is 1.50. The van der Waals surface area contributed by atoms with Crippen LogP contribution in [-0.4, -0.2) is 32.6 Å². The predicted molar refractivity (Wildman–Crippen MR) is 67.0 cm³/mol. The third kappa shape index (κ3) is 4.02. The van der Waals surface area contributed by atoms with Gasteiger partial charge in [-0.3, -0.25) is 4.98 Å². The molecule has 98 valence electrons. The molecule has 1 N–H and O–H groups in total. The Morgan fingerprint density at radius 3 is 2.63 bits per heavy atom. The van der Waals surface area contributed by atoms with E-state index in [4.69, 9.17) is 9.84 Å². The molecule has 0 aliphatic heterocycles. The van der Waals surface area contributed by atoms with Gasteiger partial charge in [0.1, 0.15) is 0 Å². The van der Waals surface area contributed by atoms with Crippen molar-refractivity contribution in [1.29, 1.82) is 0 Å². The van der Waals surface area contributed by atoms with Gasteiger partial charge in [0.05, 0.1) is 19.0 Å². The van der Waals surface area contributed by atoms with Crippen LogP contribution < -0.4 is 4.74 Å². The molecule has 0 aliphatic rings. The molecule has 2 aromatic heterocycles. The summed E-state index contributed by atoms with van der Waals surface area (Å²) in [6, 6.07) is 3.92. The number of carboxylic acids is 1. The zero-order valence-electron chi connectivity index (χ0n) is 10.2. The lowest BCUT2D eigenvalue weighted by Crippen LogP contribution is -2.04. The van der Waals surface area contributed by atoms with E-state index in [1.165, 1.54) is 18.0 Å². The highest BCUT2D eigenvalue weighted by molar-refractivity contribution is 5.84. The molecular formula is C13H13N3O3. The van der Waals surface area contributed by atoms with Crippen LogP contribution in [0.25, 0.3) is 0 Å². The van der Waals surface area contributed by atoms with E-state index in [2.05, 4.69) is 15.0 Å². The lowest BCUT2D eigenvalue weighted by atomic mass is 10.1. The molecule has 0 unspecified atom stereocenters. The summed E-state index contributed by atoms with van der Waals surface area (Å²) in [5.74, 6) is -0.767. The monoisotopic (exact) mass is 259 g/mol. The number of hydrogen-bond acceptors (Lipinski definition) is 5. The molecular weight excluding hydrogens is 246 g/mol. The molecule has 0 spiro atoms. The van der Waals surface area contributed by atoms with Crippen molar-refractivity contribution >= 4 is 5.97 Å². The van der Waals surface area contributed by atoms with Gasteiger partial charge in [-0.05, 0) is 30.5 Å². The van der Waals surface area contributed by atoms with Crippen LogP contribution in [0.3, 0.4) is 0 Å². The quantitative estimate of drug-likeness (QED) is 0.793. The minimum absolute atomic E-state index is 0.0934. The molecule has 0 atom stereocenters. The fourth-order valence-corrected chi connectivity index (χ4v) is 1.50. The summed E-state index contributed by atoms with van der Waals surface area (Å²) >= 11 is 0. The molecule has 0 bridgehead atoms. The third-order valence-corrected chi connectivity index (χ3v) is 2.46. The number of pyridine rings is 1. The number of carboxylic acid groups (broad SMARTS) is 1. The zero-order valence-corrected chi connectivity index (χ0v) is 10.2. The number of aromatic nitrogens is 3. The van der Waals surface area contributed by atoms with Gasteiger partial charge in [-0.25, -0.2) is 14.8 Å². The van der Waals surface area contributed by atoms with E-state index >= 15 is 0 Å². The van der Waals surface area contributed by atoms with E-state index in [0.29, 0.717) is 12.5 Å². The van der Waals surface area contributed by atoms with Gasteiger partial charge in [-0.1, -0.05) is 0 Å². The highest BCUT2D eigenvalue weighted by Crippen LogP contribution is 2.06. The molecule has 0 aliphatic carbocycles. The van der Waals surface area contributed by atoms with Crippen LogP contribution in [0, 0.1) is 0 Å². The largest absolute Gasteiger partial charge is 0.477 e. The lowest BCUT2D eigenvalue weighted by Gasteiger charge is -2.04. The summed E-state index contributed by atoms with van der Waals surface area (Å²) in [7, 11) is 0. The van der Waals surface area contributed by atoms with Gasteiger partial charge >= 0.3 is 5.97 Å². The molecule has 6 nitrogen and oxygen atoms in total. The fraction of sp³-hybridized carbons (Fsp3) is 0.231. The second kappa shape index (κ2) is 6.44. The first kappa shape index (κ1) is 12.9. The average Bonchev–Trinajstić information content (AvgIpc) is 2.45. The van der Waals surface area contributed by atoms with Gasteiger partial charge < -0.3 is 9.84 Å². The number of nitrogens with zero attached hydrogens (tertiary/aromatic N) is 3. The number of rotatable bonds is 6. The smallest absolute Gasteiger partial charge is 0.356 e. The maximum Gasteiger partial charge on any atom is 0.356 e. The van der Waals surface area contributed by atoms with E-state index in [1.54, 1.807) is 12.4 Å². The van der Waals surface area contributed by atoms with Crippen molar-refractivity contribution in [1.82, 2.24) is 15.0 Å². The Bertz CT molecular complexity index is 529. The first-order valence-electron chi connectivity index (χ1n) is 5.83. The minimum Gasteiger partial charge on any atom is -0.477 e. The number of hydrogen-bond donors (Lipinski definition) is 1. The molecule has 2 rings (SSSR count). The molecule has 0 saturated carbocycles. The van der Waals surface area contributed by atoms with Crippen molar-refractivity contribution < 1.29 is 14.6 Å². The van der Waals surface area contributed by atoms with Crippen LogP contribution in [0.15, 0.2) is 36.9 Å². The van der Waals surface area contributed by atoms with Crippen molar-refractivity contribution in [2.45, 2.75) is 12.8 Å². The van der Waals surface area contributed by atoms with Gasteiger partial charge in [0.25, 0.3) is 0 Å². The van der Waals surface area contributed by atoms with Crippen LogP contribution in [-0.2, 0) is 6.42 Å². The topological polar surface area (TPSA) is 85.2 Å². The van der Waals surface area contributed by atoms with Crippen molar-refractivity contribution in [3.05, 3.63) is 48.2 Å². The van der Waals surface area contributed by atoms with Crippen molar-refractivity contribution in [2.75, 3.05) is 6.61 Å². The van der Waals surface area contributed by atoms with Crippen molar-refractivity contribution in [2.24, 2.45) is 0 Å². The van der Waals surface area contributed by atoms with Crippen LogP contribution in [0.1, 0.15) is 22.5 Å². The lowest BCUT2D eigenvalue weighted by molar-refractivity contribution is 0.0689. The molecule has 2 heterocycles. The summed E-state index contributed by atoms with van der Waals surface area (Å²) < 4.78 is 5.38. The van der Waals surface area contributed by atoms with E-state index in [-0.39, 0.29) is 5.69 Å². The number of ether oxygens (including phenoxy) is 1. The Kier molecular flexibility index (Phi) is 4.39. The van der Waals surface area contributed by atoms with Gasteiger partial charge in [0.15, 0.2) is 5.69 Å². The second-order valence-electron chi connectivity index (χ2n) is 3.85. The highest BCUT2D eigenvalue weighted by atomic mass is 16.5. The summed E-state index contributed by atoms with van der Waals surface area (Å²) in [6.45, 7) is 0.503. The van der Waals surface area contributed by atoms with Crippen LogP contribution >= 0.6 is 0 Å². The molecule has 2 aromatic rings. The van der Waals surface area contributed by atoms with Gasteiger partial charge in [0, 0.05) is 12.4 Å². The first-order chi connectivity index (χ1) is 9.25. The van der Waals surface area contributed by atoms with Crippen LogP contribution in [0.5, 0.6) is 5.88 Å². The summed E-state index contributed by atoms with van der Waals surface area (Å²) in [4.78, 5) is 22.1. The third-order valence-electron chi connectivity index (χ3n) is 2.46. The molecule has 19 heavy (non-hydrogen) atoms. The molecule has 0 fully saturated rings.